The number of benzene rings is 1. The minimum atomic E-state index is 0.727. The SMILES string of the molecule is Cc1ccc(CNCC(C)C)cc1. The van der Waals surface area contributed by atoms with E-state index in [0.29, 0.717) is 0 Å². The maximum Gasteiger partial charge on any atom is 0.0205 e. The second-order valence-corrected chi connectivity index (χ2v) is 4.01. The van der Waals surface area contributed by atoms with Crippen LogP contribution in [0.5, 0.6) is 0 Å². The first kappa shape index (κ1) is 10.3. The van der Waals surface area contributed by atoms with Crippen LogP contribution in [0.15, 0.2) is 24.3 Å². The molecule has 13 heavy (non-hydrogen) atoms. The zero-order valence-corrected chi connectivity index (χ0v) is 8.80. The average Bonchev–Trinajstić information content (AvgIpc) is 2.08. The van der Waals surface area contributed by atoms with E-state index in [1.54, 1.807) is 0 Å². The van der Waals surface area contributed by atoms with E-state index in [9.17, 15) is 0 Å². The van der Waals surface area contributed by atoms with Gasteiger partial charge in [0.1, 0.15) is 0 Å². The van der Waals surface area contributed by atoms with E-state index >= 15 is 0 Å². The van der Waals surface area contributed by atoms with Crippen molar-refractivity contribution in [3.63, 3.8) is 0 Å². The van der Waals surface area contributed by atoms with Gasteiger partial charge in [-0.25, -0.2) is 0 Å². The molecule has 0 bridgehead atoms. The molecule has 0 aliphatic heterocycles. The number of rotatable bonds is 4. The smallest absolute Gasteiger partial charge is 0.0205 e. The van der Waals surface area contributed by atoms with Crippen LogP contribution in [-0.4, -0.2) is 6.54 Å². The monoisotopic (exact) mass is 177 g/mol. The van der Waals surface area contributed by atoms with Crippen LogP contribution in [0.3, 0.4) is 0 Å². The molecule has 1 aromatic carbocycles. The van der Waals surface area contributed by atoms with E-state index in [-0.39, 0.29) is 0 Å². The van der Waals surface area contributed by atoms with Crippen LogP contribution < -0.4 is 5.32 Å². The van der Waals surface area contributed by atoms with Crippen LogP contribution in [0.4, 0.5) is 0 Å². The van der Waals surface area contributed by atoms with Crippen LogP contribution in [0.25, 0.3) is 0 Å². The van der Waals surface area contributed by atoms with Crippen LogP contribution in [-0.2, 0) is 6.54 Å². The van der Waals surface area contributed by atoms with Crippen LogP contribution in [0.2, 0.25) is 0 Å². The minimum absolute atomic E-state index is 0.727. The van der Waals surface area contributed by atoms with Crippen molar-refractivity contribution in [2.45, 2.75) is 27.3 Å². The Bertz CT molecular complexity index is 236. The Morgan fingerprint density at radius 1 is 1.15 bits per heavy atom. The summed E-state index contributed by atoms with van der Waals surface area (Å²) >= 11 is 0. The molecule has 0 saturated heterocycles. The van der Waals surface area contributed by atoms with Crippen molar-refractivity contribution in [1.29, 1.82) is 0 Å². The maximum atomic E-state index is 3.42. The Morgan fingerprint density at radius 2 is 1.77 bits per heavy atom. The molecule has 0 unspecified atom stereocenters. The van der Waals surface area contributed by atoms with Crippen LogP contribution in [0, 0.1) is 12.8 Å². The summed E-state index contributed by atoms with van der Waals surface area (Å²) in [5, 5.41) is 3.42. The molecular formula is C12H19N. The lowest BCUT2D eigenvalue weighted by atomic mass is 10.1. The van der Waals surface area contributed by atoms with Crippen LogP contribution >= 0.6 is 0 Å². The standard InChI is InChI=1S/C12H19N/c1-10(2)8-13-9-12-6-4-11(3)5-7-12/h4-7,10,13H,8-9H2,1-3H3. The lowest BCUT2D eigenvalue weighted by Crippen LogP contribution is -2.18. The molecule has 0 heterocycles. The predicted octanol–water partition coefficient (Wildman–Crippen LogP) is 2.74. The molecule has 1 nitrogen and oxygen atoms in total. The number of hydrogen-bond donors (Lipinski definition) is 1. The third-order valence-corrected chi connectivity index (χ3v) is 2.00. The zero-order chi connectivity index (χ0) is 9.68. The first-order valence-electron chi connectivity index (χ1n) is 4.94. The molecule has 1 heteroatoms. The quantitative estimate of drug-likeness (QED) is 0.745. The Balaban J connectivity index is 2.33. The number of nitrogens with one attached hydrogen (secondary N) is 1. The van der Waals surface area contributed by atoms with Gasteiger partial charge in [0.15, 0.2) is 0 Å². The lowest BCUT2D eigenvalue weighted by molar-refractivity contribution is 0.552. The van der Waals surface area contributed by atoms with Gasteiger partial charge in [0.2, 0.25) is 0 Å². The van der Waals surface area contributed by atoms with Crippen molar-refractivity contribution in [2.24, 2.45) is 5.92 Å². The fourth-order valence-electron chi connectivity index (χ4n) is 1.21. The predicted molar refractivity (Wildman–Crippen MR) is 57.7 cm³/mol. The van der Waals surface area contributed by atoms with Gasteiger partial charge in [0.05, 0.1) is 0 Å². The molecule has 72 valence electrons. The third-order valence-electron chi connectivity index (χ3n) is 2.00. The summed E-state index contributed by atoms with van der Waals surface area (Å²) < 4.78 is 0. The van der Waals surface area contributed by atoms with Crippen molar-refractivity contribution >= 4 is 0 Å². The van der Waals surface area contributed by atoms with Gasteiger partial charge < -0.3 is 5.32 Å². The summed E-state index contributed by atoms with van der Waals surface area (Å²) in [6.45, 7) is 8.64. The Morgan fingerprint density at radius 3 is 2.31 bits per heavy atom. The van der Waals surface area contributed by atoms with E-state index < -0.39 is 0 Å². The fraction of sp³-hybridized carbons (Fsp3) is 0.500. The second kappa shape index (κ2) is 5.03. The van der Waals surface area contributed by atoms with E-state index in [2.05, 4.69) is 50.4 Å². The minimum Gasteiger partial charge on any atom is -0.312 e. The largest absolute Gasteiger partial charge is 0.312 e. The number of hydrogen-bond acceptors (Lipinski definition) is 1. The first-order valence-corrected chi connectivity index (χ1v) is 4.94. The summed E-state index contributed by atoms with van der Waals surface area (Å²) in [6, 6.07) is 8.68. The highest BCUT2D eigenvalue weighted by molar-refractivity contribution is 5.20. The molecule has 0 spiro atoms. The normalized spacial score (nSPS) is 10.8. The van der Waals surface area contributed by atoms with Crippen molar-refractivity contribution in [3.8, 4) is 0 Å². The molecule has 1 aromatic rings. The molecule has 0 radical (unpaired) electrons. The molecule has 1 N–H and O–H groups in total. The molecule has 0 saturated carbocycles. The molecule has 0 fully saturated rings. The lowest BCUT2D eigenvalue weighted by Gasteiger charge is -2.07. The topological polar surface area (TPSA) is 12.0 Å². The van der Waals surface area contributed by atoms with Gasteiger partial charge in [-0.2, -0.15) is 0 Å². The molecular weight excluding hydrogens is 158 g/mol. The Labute approximate surface area is 81.2 Å². The van der Waals surface area contributed by atoms with E-state index in [4.69, 9.17) is 0 Å². The Hall–Kier alpha value is -0.820. The van der Waals surface area contributed by atoms with Gasteiger partial charge in [0, 0.05) is 6.54 Å². The molecule has 0 amide bonds. The van der Waals surface area contributed by atoms with Crippen molar-refractivity contribution in [1.82, 2.24) is 5.32 Å². The third kappa shape index (κ3) is 4.09. The van der Waals surface area contributed by atoms with Gasteiger partial charge in [-0.3, -0.25) is 0 Å². The van der Waals surface area contributed by atoms with E-state index in [0.717, 1.165) is 19.0 Å². The summed E-state index contributed by atoms with van der Waals surface area (Å²) in [7, 11) is 0. The maximum absolute atomic E-state index is 3.42. The molecule has 0 atom stereocenters. The molecule has 1 rings (SSSR count). The van der Waals surface area contributed by atoms with Gasteiger partial charge in [0.25, 0.3) is 0 Å². The molecule has 0 aliphatic rings. The summed E-state index contributed by atoms with van der Waals surface area (Å²) in [5.41, 5.74) is 2.69. The van der Waals surface area contributed by atoms with Gasteiger partial charge >= 0.3 is 0 Å². The van der Waals surface area contributed by atoms with E-state index in [1.165, 1.54) is 11.1 Å². The highest BCUT2D eigenvalue weighted by Gasteiger charge is 1.94. The molecule has 0 aromatic heterocycles. The van der Waals surface area contributed by atoms with Crippen molar-refractivity contribution in [2.75, 3.05) is 6.54 Å². The van der Waals surface area contributed by atoms with Crippen LogP contribution in [0.1, 0.15) is 25.0 Å². The number of aryl methyl sites for hydroxylation is 1. The summed E-state index contributed by atoms with van der Waals surface area (Å²) in [5.74, 6) is 0.727. The average molecular weight is 177 g/mol. The van der Waals surface area contributed by atoms with Crippen molar-refractivity contribution < 1.29 is 0 Å². The first-order chi connectivity index (χ1) is 6.18. The zero-order valence-electron chi connectivity index (χ0n) is 8.80. The summed E-state index contributed by atoms with van der Waals surface area (Å²) in [6.07, 6.45) is 0. The molecule has 0 aliphatic carbocycles. The van der Waals surface area contributed by atoms with Gasteiger partial charge in [-0.15, -0.1) is 0 Å². The highest BCUT2D eigenvalue weighted by atomic mass is 14.8. The second-order valence-electron chi connectivity index (χ2n) is 4.01. The van der Waals surface area contributed by atoms with Gasteiger partial charge in [-0.1, -0.05) is 43.7 Å². The fourth-order valence-corrected chi connectivity index (χ4v) is 1.21. The van der Waals surface area contributed by atoms with Crippen molar-refractivity contribution in [3.05, 3.63) is 35.4 Å². The Kier molecular flexibility index (Phi) is 3.97. The highest BCUT2D eigenvalue weighted by Crippen LogP contribution is 2.02. The summed E-state index contributed by atoms with van der Waals surface area (Å²) in [4.78, 5) is 0. The van der Waals surface area contributed by atoms with E-state index in [1.807, 2.05) is 0 Å². The van der Waals surface area contributed by atoms with Gasteiger partial charge in [-0.05, 0) is 24.9 Å².